The third kappa shape index (κ3) is 3.13. The first kappa shape index (κ1) is 16.5. The molecule has 1 aliphatic heterocycles. The van der Waals surface area contributed by atoms with Gasteiger partial charge >= 0.3 is 5.97 Å². The number of carbonyl (C=O) groups is 2. The molecule has 2 aromatic rings. The fourth-order valence-electron chi connectivity index (χ4n) is 2.62. The van der Waals surface area contributed by atoms with Gasteiger partial charge in [0.15, 0.2) is 6.10 Å². The Hall–Kier alpha value is -2.38. The molecule has 0 aliphatic carbocycles. The number of hydrogen-bond acceptors (Lipinski definition) is 4. The molecule has 1 unspecified atom stereocenters. The Morgan fingerprint density at radius 2 is 2.04 bits per heavy atom. The van der Waals surface area contributed by atoms with Crippen molar-refractivity contribution in [2.75, 3.05) is 19.7 Å². The van der Waals surface area contributed by atoms with Crippen molar-refractivity contribution in [2.45, 2.75) is 13.0 Å². The summed E-state index contributed by atoms with van der Waals surface area (Å²) in [4.78, 5) is 25.2. The molecular formula is C16H16ClN3O4. The molecule has 3 rings (SSSR count). The molecule has 24 heavy (non-hydrogen) atoms. The summed E-state index contributed by atoms with van der Waals surface area (Å²) in [5, 5.41) is 13.9. The summed E-state index contributed by atoms with van der Waals surface area (Å²) in [5.41, 5.74) is 1.91. The van der Waals surface area contributed by atoms with Crippen LogP contribution in [0.5, 0.6) is 0 Å². The minimum atomic E-state index is -1.07. The van der Waals surface area contributed by atoms with E-state index in [4.69, 9.17) is 21.4 Å². The van der Waals surface area contributed by atoms with Crippen LogP contribution >= 0.6 is 11.6 Å². The van der Waals surface area contributed by atoms with Crippen LogP contribution in [0.4, 0.5) is 0 Å². The van der Waals surface area contributed by atoms with E-state index in [0.717, 1.165) is 5.69 Å². The molecule has 0 saturated carbocycles. The average Bonchev–Trinajstić information content (AvgIpc) is 2.96. The summed E-state index contributed by atoms with van der Waals surface area (Å²) in [5.74, 6) is -1.32. The van der Waals surface area contributed by atoms with Gasteiger partial charge in [0.2, 0.25) is 0 Å². The van der Waals surface area contributed by atoms with Gasteiger partial charge in [-0.05, 0) is 31.2 Å². The standard InChI is InChI=1S/C16H16ClN3O4/c1-10-13(8-18-20(10)12-4-2-11(17)3-5-12)15(21)19-6-7-24-14(9-19)16(22)23/h2-5,8,14H,6-7,9H2,1H3,(H,22,23). The van der Waals surface area contributed by atoms with E-state index in [9.17, 15) is 9.59 Å². The number of aromatic nitrogens is 2. The first-order chi connectivity index (χ1) is 11.5. The lowest BCUT2D eigenvalue weighted by Gasteiger charge is -2.30. The van der Waals surface area contributed by atoms with Crippen LogP contribution < -0.4 is 0 Å². The van der Waals surface area contributed by atoms with E-state index in [1.54, 1.807) is 23.7 Å². The number of hydrogen-bond donors (Lipinski definition) is 1. The Balaban J connectivity index is 1.83. The highest BCUT2D eigenvalue weighted by Gasteiger charge is 2.30. The van der Waals surface area contributed by atoms with Crippen LogP contribution in [-0.2, 0) is 9.53 Å². The third-order valence-corrected chi connectivity index (χ3v) is 4.19. The molecule has 0 bridgehead atoms. The van der Waals surface area contributed by atoms with Gasteiger partial charge in [0, 0.05) is 11.6 Å². The van der Waals surface area contributed by atoms with Crippen LogP contribution in [0.15, 0.2) is 30.5 Å². The van der Waals surface area contributed by atoms with Crippen molar-refractivity contribution >= 4 is 23.5 Å². The SMILES string of the molecule is Cc1c(C(=O)N2CCOC(C(=O)O)C2)cnn1-c1ccc(Cl)cc1. The van der Waals surface area contributed by atoms with Crippen LogP contribution in [0.3, 0.4) is 0 Å². The lowest BCUT2D eigenvalue weighted by atomic mass is 10.2. The van der Waals surface area contributed by atoms with Gasteiger partial charge in [-0.25, -0.2) is 9.48 Å². The fraction of sp³-hybridized carbons (Fsp3) is 0.312. The van der Waals surface area contributed by atoms with Gasteiger partial charge in [0.05, 0.1) is 36.3 Å². The molecule has 7 nitrogen and oxygen atoms in total. The number of carboxylic acid groups (broad SMARTS) is 1. The smallest absolute Gasteiger partial charge is 0.334 e. The fourth-order valence-corrected chi connectivity index (χ4v) is 2.74. The highest BCUT2D eigenvalue weighted by molar-refractivity contribution is 6.30. The zero-order valence-corrected chi connectivity index (χ0v) is 13.7. The molecular weight excluding hydrogens is 334 g/mol. The Morgan fingerprint density at radius 1 is 1.33 bits per heavy atom. The number of carboxylic acids is 1. The molecule has 1 atom stereocenters. The highest BCUT2D eigenvalue weighted by Crippen LogP contribution is 2.19. The molecule has 1 aliphatic rings. The zero-order chi connectivity index (χ0) is 17.3. The van der Waals surface area contributed by atoms with Gasteiger partial charge in [-0.3, -0.25) is 4.79 Å². The monoisotopic (exact) mass is 349 g/mol. The maximum Gasteiger partial charge on any atom is 0.334 e. The van der Waals surface area contributed by atoms with Crippen LogP contribution in [0, 0.1) is 6.92 Å². The number of morpholine rings is 1. The minimum Gasteiger partial charge on any atom is -0.479 e. The van der Waals surface area contributed by atoms with E-state index in [2.05, 4.69) is 5.10 Å². The quantitative estimate of drug-likeness (QED) is 0.912. The second-order valence-electron chi connectivity index (χ2n) is 5.48. The van der Waals surface area contributed by atoms with Crippen molar-refractivity contribution in [3.63, 3.8) is 0 Å². The van der Waals surface area contributed by atoms with E-state index in [0.29, 0.717) is 22.8 Å². The largest absolute Gasteiger partial charge is 0.479 e. The van der Waals surface area contributed by atoms with Crippen LogP contribution in [0.2, 0.25) is 5.02 Å². The lowest BCUT2D eigenvalue weighted by Crippen LogP contribution is -2.48. The first-order valence-corrected chi connectivity index (χ1v) is 7.79. The van der Waals surface area contributed by atoms with Crippen molar-refractivity contribution in [1.82, 2.24) is 14.7 Å². The Bertz CT molecular complexity index is 772. The summed E-state index contributed by atoms with van der Waals surface area (Å²) in [6.45, 7) is 2.38. The molecule has 1 aromatic heterocycles. The molecule has 0 radical (unpaired) electrons. The maximum absolute atomic E-state index is 12.7. The summed E-state index contributed by atoms with van der Waals surface area (Å²) in [6, 6.07) is 7.12. The number of halogens is 1. The molecule has 1 aromatic carbocycles. The van der Waals surface area contributed by atoms with Gasteiger partial charge in [-0.15, -0.1) is 0 Å². The van der Waals surface area contributed by atoms with Crippen molar-refractivity contribution in [3.8, 4) is 5.69 Å². The second-order valence-corrected chi connectivity index (χ2v) is 5.92. The van der Waals surface area contributed by atoms with Crippen LogP contribution in [-0.4, -0.2) is 57.5 Å². The van der Waals surface area contributed by atoms with E-state index in [1.165, 1.54) is 11.1 Å². The molecule has 1 fully saturated rings. The lowest BCUT2D eigenvalue weighted by molar-refractivity contribution is -0.154. The summed E-state index contributed by atoms with van der Waals surface area (Å²) in [6.07, 6.45) is 0.506. The first-order valence-electron chi connectivity index (χ1n) is 7.41. The predicted molar refractivity (Wildman–Crippen MR) is 86.6 cm³/mol. The molecule has 1 saturated heterocycles. The number of carbonyl (C=O) groups excluding carboxylic acids is 1. The van der Waals surface area contributed by atoms with E-state index >= 15 is 0 Å². The number of aliphatic carboxylic acids is 1. The van der Waals surface area contributed by atoms with Gasteiger partial charge in [-0.1, -0.05) is 11.6 Å². The summed E-state index contributed by atoms with van der Waals surface area (Å²) < 4.78 is 6.80. The molecule has 1 N–H and O–H groups in total. The molecule has 126 valence electrons. The number of amides is 1. The average molecular weight is 350 g/mol. The molecule has 2 heterocycles. The Morgan fingerprint density at radius 3 is 2.71 bits per heavy atom. The minimum absolute atomic E-state index is 0.0275. The van der Waals surface area contributed by atoms with E-state index in [1.807, 2.05) is 12.1 Å². The number of nitrogens with zero attached hydrogens (tertiary/aromatic N) is 3. The van der Waals surface area contributed by atoms with Gasteiger partial charge in [0.1, 0.15) is 0 Å². The molecule has 1 amide bonds. The van der Waals surface area contributed by atoms with Gasteiger partial charge in [0.25, 0.3) is 5.91 Å². The van der Waals surface area contributed by atoms with Crippen molar-refractivity contribution in [1.29, 1.82) is 0 Å². The zero-order valence-electron chi connectivity index (χ0n) is 13.0. The second kappa shape index (κ2) is 6.62. The Labute approximate surface area is 143 Å². The van der Waals surface area contributed by atoms with Gasteiger partial charge in [-0.2, -0.15) is 5.10 Å². The van der Waals surface area contributed by atoms with E-state index < -0.39 is 12.1 Å². The van der Waals surface area contributed by atoms with E-state index in [-0.39, 0.29) is 19.1 Å². The topological polar surface area (TPSA) is 84.7 Å². The normalized spacial score (nSPS) is 17.8. The summed E-state index contributed by atoms with van der Waals surface area (Å²) >= 11 is 5.89. The number of rotatable bonds is 3. The van der Waals surface area contributed by atoms with Crippen molar-refractivity contribution < 1.29 is 19.4 Å². The Kier molecular flexibility index (Phi) is 4.55. The predicted octanol–water partition coefficient (Wildman–Crippen LogP) is 1.76. The van der Waals surface area contributed by atoms with Gasteiger partial charge < -0.3 is 14.7 Å². The van der Waals surface area contributed by atoms with Crippen LogP contribution in [0.25, 0.3) is 5.69 Å². The summed E-state index contributed by atoms with van der Waals surface area (Å²) in [7, 11) is 0. The van der Waals surface area contributed by atoms with Crippen molar-refractivity contribution in [3.05, 3.63) is 46.7 Å². The van der Waals surface area contributed by atoms with Crippen molar-refractivity contribution in [2.24, 2.45) is 0 Å². The number of ether oxygens (including phenoxy) is 1. The molecule has 0 spiro atoms. The number of benzene rings is 1. The van der Waals surface area contributed by atoms with Crippen LogP contribution in [0.1, 0.15) is 16.1 Å². The third-order valence-electron chi connectivity index (χ3n) is 3.94. The molecule has 8 heteroatoms. The highest BCUT2D eigenvalue weighted by atomic mass is 35.5. The maximum atomic E-state index is 12.7.